The molecular formula is C21H18F2N2O4. The number of allylic oxidation sites excluding steroid dienone is 2. The van der Waals surface area contributed by atoms with Gasteiger partial charge in [-0.15, -0.1) is 0 Å². The van der Waals surface area contributed by atoms with E-state index in [2.05, 4.69) is 17.2 Å². The molecule has 1 aliphatic heterocycles. The Kier molecular flexibility index (Phi) is 5.63. The molecule has 0 atom stereocenters. The molecule has 2 aromatic rings. The third-order valence-corrected chi connectivity index (χ3v) is 4.35. The van der Waals surface area contributed by atoms with Gasteiger partial charge in [0.1, 0.15) is 29.8 Å². The molecule has 1 heterocycles. The van der Waals surface area contributed by atoms with Gasteiger partial charge >= 0.3 is 0 Å². The minimum atomic E-state index is -1.00. The van der Waals surface area contributed by atoms with Crippen molar-refractivity contribution in [1.29, 1.82) is 0 Å². The summed E-state index contributed by atoms with van der Waals surface area (Å²) in [4.78, 5) is 24.8. The Balaban J connectivity index is 2.13. The Morgan fingerprint density at radius 2 is 1.86 bits per heavy atom. The number of phenolic OH excluding ortho intramolecular Hbond substituents is 1. The monoisotopic (exact) mass is 400 g/mol. The van der Waals surface area contributed by atoms with E-state index < -0.39 is 29.2 Å². The molecular weight excluding hydrogens is 382 g/mol. The van der Waals surface area contributed by atoms with Crippen molar-refractivity contribution in [3.05, 3.63) is 77.1 Å². The van der Waals surface area contributed by atoms with Gasteiger partial charge in [0.05, 0.1) is 17.8 Å². The summed E-state index contributed by atoms with van der Waals surface area (Å²) < 4.78 is 34.2. The zero-order valence-corrected chi connectivity index (χ0v) is 15.5. The van der Waals surface area contributed by atoms with Crippen LogP contribution in [0.3, 0.4) is 0 Å². The van der Waals surface area contributed by atoms with Gasteiger partial charge in [-0.25, -0.2) is 8.78 Å². The van der Waals surface area contributed by atoms with Crippen LogP contribution in [-0.2, 0) is 4.74 Å². The maximum atomic E-state index is 14.4. The van der Waals surface area contributed by atoms with Crippen LogP contribution in [0.5, 0.6) is 5.75 Å². The van der Waals surface area contributed by atoms with Crippen LogP contribution < -0.4 is 10.6 Å². The Morgan fingerprint density at radius 1 is 1.10 bits per heavy atom. The molecule has 0 unspecified atom stereocenters. The van der Waals surface area contributed by atoms with Gasteiger partial charge in [-0.05, 0) is 31.2 Å². The summed E-state index contributed by atoms with van der Waals surface area (Å²) in [6, 6.07) is 5.47. The first-order valence-electron chi connectivity index (χ1n) is 8.72. The maximum absolute atomic E-state index is 14.4. The zero-order chi connectivity index (χ0) is 21.1. The molecule has 4 bridgehead atoms. The van der Waals surface area contributed by atoms with Crippen molar-refractivity contribution in [2.45, 2.75) is 6.92 Å². The molecule has 0 fully saturated rings. The molecule has 150 valence electrons. The van der Waals surface area contributed by atoms with Crippen molar-refractivity contribution in [1.82, 2.24) is 5.32 Å². The third-order valence-electron chi connectivity index (χ3n) is 4.35. The van der Waals surface area contributed by atoms with Crippen LogP contribution in [-0.4, -0.2) is 30.1 Å². The Morgan fingerprint density at radius 3 is 2.59 bits per heavy atom. The van der Waals surface area contributed by atoms with Crippen molar-refractivity contribution >= 4 is 23.1 Å². The van der Waals surface area contributed by atoms with E-state index in [0.29, 0.717) is 6.07 Å². The number of nitrogens with one attached hydrogen (secondary N) is 2. The molecule has 3 rings (SSSR count). The molecule has 29 heavy (non-hydrogen) atoms. The summed E-state index contributed by atoms with van der Waals surface area (Å²) in [7, 11) is 0. The number of ether oxygens (including phenoxy) is 1. The van der Waals surface area contributed by atoms with E-state index in [9.17, 15) is 23.5 Å². The number of halogens is 2. The van der Waals surface area contributed by atoms with Crippen LogP contribution in [0, 0.1) is 11.6 Å². The fourth-order valence-corrected chi connectivity index (χ4v) is 2.89. The quantitative estimate of drug-likeness (QED) is 0.631. The van der Waals surface area contributed by atoms with Crippen molar-refractivity contribution in [2.75, 3.05) is 18.5 Å². The van der Waals surface area contributed by atoms with Crippen molar-refractivity contribution < 1.29 is 28.2 Å². The molecule has 0 radical (unpaired) electrons. The van der Waals surface area contributed by atoms with Crippen LogP contribution in [0.4, 0.5) is 14.5 Å². The van der Waals surface area contributed by atoms with E-state index in [1.165, 1.54) is 24.3 Å². The van der Waals surface area contributed by atoms with Gasteiger partial charge in [0.2, 0.25) is 0 Å². The molecule has 2 aromatic carbocycles. The second-order valence-electron chi connectivity index (χ2n) is 6.23. The zero-order valence-electron chi connectivity index (χ0n) is 15.5. The van der Waals surface area contributed by atoms with Crippen LogP contribution in [0.25, 0.3) is 5.57 Å². The highest BCUT2D eigenvalue weighted by Crippen LogP contribution is 2.30. The third kappa shape index (κ3) is 4.11. The molecule has 6 nitrogen and oxygen atoms in total. The number of hydrogen-bond acceptors (Lipinski definition) is 4. The number of anilines is 1. The van der Waals surface area contributed by atoms with E-state index >= 15 is 0 Å². The molecule has 0 saturated heterocycles. The predicted molar refractivity (Wildman–Crippen MR) is 103 cm³/mol. The molecule has 1 aliphatic rings. The topological polar surface area (TPSA) is 87.7 Å². The number of aromatic hydroxyl groups is 1. The molecule has 0 aromatic heterocycles. The summed E-state index contributed by atoms with van der Waals surface area (Å²) in [6.45, 7) is 5.56. The lowest BCUT2D eigenvalue weighted by Crippen LogP contribution is -2.27. The number of carbonyl (C=O) groups is 2. The van der Waals surface area contributed by atoms with Gasteiger partial charge in [-0.3, -0.25) is 9.59 Å². The van der Waals surface area contributed by atoms with Gasteiger partial charge in [-0.2, -0.15) is 0 Å². The van der Waals surface area contributed by atoms with Gasteiger partial charge in [0.25, 0.3) is 11.8 Å². The van der Waals surface area contributed by atoms with E-state index in [4.69, 9.17) is 4.74 Å². The lowest BCUT2D eigenvalue weighted by Gasteiger charge is -2.15. The number of rotatable bonds is 0. The number of phenols is 1. The van der Waals surface area contributed by atoms with E-state index in [0.717, 1.165) is 6.07 Å². The molecule has 0 aliphatic carbocycles. The second kappa shape index (κ2) is 8.14. The normalized spacial score (nSPS) is 16.4. The van der Waals surface area contributed by atoms with Crippen molar-refractivity contribution in [3.8, 4) is 5.75 Å². The highest BCUT2D eigenvalue weighted by molar-refractivity contribution is 6.08. The number of hydrogen-bond donors (Lipinski definition) is 3. The summed E-state index contributed by atoms with van der Waals surface area (Å²) >= 11 is 0. The van der Waals surface area contributed by atoms with E-state index in [-0.39, 0.29) is 46.9 Å². The first-order valence-corrected chi connectivity index (χ1v) is 8.72. The second-order valence-corrected chi connectivity index (χ2v) is 6.23. The van der Waals surface area contributed by atoms with Gasteiger partial charge in [-0.1, -0.05) is 12.7 Å². The minimum absolute atomic E-state index is 0.0221. The Labute approximate surface area is 165 Å². The van der Waals surface area contributed by atoms with Gasteiger partial charge < -0.3 is 20.5 Å². The average Bonchev–Trinajstić information content (AvgIpc) is 2.68. The van der Waals surface area contributed by atoms with Crippen LogP contribution in [0.15, 0.2) is 48.7 Å². The molecule has 8 heteroatoms. The van der Waals surface area contributed by atoms with Crippen LogP contribution in [0.1, 0.15) is 33.2 Å². The van der Waals surface area contributed by atoms with Crippen molar-refractivity contribution in [2.24, 2.45) is 0 Å². The first-order chi connectivity index (χ1) is 13.8. The number of benzene rings is 2. The molecule has 3 N–H and O–H groups in total. The van der Waals surface area contributed by atoms with E-state index in [1.54, 1.807) is 6.92 Å². The standard InChI is InChI=1S/C21H18F2N2O4/c1-3-13-11(2)29-7-6-24-20(27)12-4-5-19(26)15(8-12)21(28)25-18-9-14(13)16(22)10-17(18)23/h3-5,8-10,26H,2,6-7H2,1H3,(H,24,27)(H,25,28)/b13-3+. The summed E-state index contributed by atoms with van der Waals surface area (Å²) in [5, 5.41) is 14.9. The largest absolute Gasteiger partial charge is 0.507 e. The average molecular weight is 400 g/mol. The lowest BCUT2D eigenvalue weighted by molar-refractivity contribution is 0.0941. The summed E-state index contributed by atoms with van der Waals surface area (Å²) in [5.74, 6) is -3.48. The predicted octanol–water partition coefficient (Wildman–Crippen LogP) is 3.60. The summed E-state index contributed by atoms with van der Waals surface area (Å²) in [6.07, 6.45) is 1.54. The van der Waals surface area contributed by atoms with Gasteiger partial charge in [0, 0.05) is 22.8 Å². The Hall–Kier alpha value is -3.68. The highest BCUT2D eigenvalue weighted by atomic mass is 19.1. The summed E-state index contributed by atoms with van der Waals surface area (Å²) in [5.41, 5.74) is -0.169. The molecule has 0 spiro atoms. The lowest BCUT2D eigenvalue weighted by atomic mass is 10.0. The number of amides is 2. The fraction of sp³-hybridized carbons (Fsp3) is 0.143. The van der Waals surface area contributed by atoms with Gasteiger partial charge in [0.15, 0.2) is 0 Å². The first kappa shape index (κ1) is 20.1. The minimum Gasteiger partial charge on any atom is -0.507 e. The van der Waals surface area contributed by atoms with E-state index in [1.807, 2.05) is 0 Å². The maximum Gasteiger partial charge on any atom is 0.259 e. The fourth-order valence-electron chi connectivity index (χ4n) is 2.89. The van der Waals surface area contributed by atoms with Crippen LogP contribution in [0.2, 0.25) is 0 Å². The number of carbonyl (C=O) groups excluding carboxylic acids is 2. The van der Waals surface area contributed by atoms with Crippen molar-refractivity contribution in [3.63, 3.8) is 0 Å². The van der Waals surface area contributed by atoms with Crippen LogP contribution >= 0.6 is 0 Å². The number of fused-ring (bicyclic) bond motifs is 4. The molecule has 2 amide bonds. The SMILES string of the molecule is C=C1OCCNC(=O)c2ccc(O)c(c2)C(=O)Nc2cc(c(F)cc2F)/C1=C/C. The Bertz CT molecular complexity index is 1050. The smallest absolute Gasteiger partial charge is 0.259 e. The highest BCUT2D eigenvalue weighted by Gasteiger charge is 2.20. The molecule has 0 saturated carbocycles.